The van der Waals surface area contributed by atoms with E-state index in [1.165, 1.54) is 11.1 Å². The molecule has 0 saturated heterocycles. The van der Waals surface area contributed by atoms with Crippen molar-refractivity contribution in [2.75, 3.05) is 26.4 Å². The fourth-order valence-corrected chi connectivity index (χ4v) is 2.16. The Morgan fingerprint density at radius 3 is 1.50 bits per heavy atom. The largest absolute Gasteiger partial charge is 0.388 e. The van der Waals surface area contributed by atoms with Crippen molar-refractivity contribution in [3.63, 3.8) is 0 Å². The van der Waals surface area contributed by atoms with E-state index >= 15 is 0 Å². The van der Waals surface area contributed by atoms with Gasteiger partial charge in [-0.15, -0.1) is 0 Å². The highest BCUT2D eigenvalue weighted by atomic mass is 16.5. The van der Waals surface area contributed by atoms with Gasteiger partial charge in [-0.25, -0.2) is 0 Å². The second kappa shape index (κ2) is 10.1. The molecule has 22 heavy (non-hydrogen) atoms. The van der Waals surface area contributed by atoms with E-state index in [-0.39, 0.29) is 0 Å². The van der Waals surface area contributed by atoms with Crippen LogP contribution in [0.4, 0.5) is 0 Å². The lowest BCUT2D eigenvalue weighted by Gasteiger charge is -2.12. The number of benzene rings is 2. The van der Waals surface area contributed by atoms with Gasteiger partial charge >= 0.3 is 0 Å². The van der Waals surface area contributed by atoms with Gasteiger partial charge in [-0.05, 0) is 24.0 Å². The molecule has 0 unspecified atom stereocenters. The number of hydrogen-bond donors (Lipinski definition) is 1. The van der Waals surface area contributed by atoms with Crippen LogP contribution in [0.15, 0.2) is 60.7 Å². The molecule has 0 spiro atoms. The normalized spacial score (nSPS) is 11.0. The van der Waals surface area contributed by atoms with Crippen molar-refractivity contribution in [2.24, 2.45) is 0 Å². The summed E-state index contributed by atoms with van der Waals surface area (Å²) in [6.07, 6.45) is 1.16. The number of hydrogen-bond acceptors (Lipinski definition) is 3. The highest BCUT2D eigenvalue weighted by Crippen LogP contribution is 2.01. The Kier molecular flexibility index (Phi) is 7.67. The Morgan fingerprint density at radius 1 is 0.682 bits per heavy atom. The summed E-state index contributed by atoms with van der Waals surface area (Å²) >= 11 is 0. The number of aliphatic hydroxyl groups excluding tert-OH is 1. The first-order valence-electron chi connectivity index (χ1n) is 7.76. The standard InChI is InChI=1S/C19H24O3/c20-19(15-21-13-11-17-7-3-1-4-8-17)16-22-14-12-18-9-5-2-6-10-18/h1-10,19-20H,11-16H2. The molecule has 3 heteroatoms. The summed E-state index contributed by atoms with van der Waals surface area (Å²) in [6.45, 7) is 1.87. The molecule has 0 aliphatic rings. The Bertz CT molecular complexity index is 451. The lowest BCUT2D eigenvalue weighted by atomic mass is 10.2. The summed E-state index contributed by atoms with van der Waals surface area (Å²) < 4.78 is 11.0. The molecular formula is C19H24O3. The Balaban J connectivity index is 1.48. The predicted molar refractivity (Wildman–Crippen MR) is 87.9 cm³/mol. The van der Waals surface area contributed by atoms with Crippen molar-refractivity contribution in [1.29, 1.82) is 0 Å². The van der Waals surface area contributed by atoms with Gasteiger partial charge in [0, 0.05) is 0 Å². The monoisotopic (exact) mass is 300 g/mol. The van der Waals surface area contributed by atoms with Crippen LogP contribution in [0, 0.1) is 0 Å². The van der Waals surface area contributed by atoms with Gasteiger partial charge in [0.05, 0.1) is 26.4 Å². The Labute approximate surface area is 132 Å². The Morgan fingerprint density at radius 2 is 1.09 bits per heavy atom. The minimum absolute atomic E-state index is 0.318. The van der Waals surface area contributed by atoms with Gasteiger partial charge in [0.1, 0.15) is 6.10 Å². The van der Waals surface area contributed by atoms with Crippen molar-refractivity contribution < 1.29 is 14.6 Å². The molecule has 0 fully saturated rings. The molecular weight excluding hydrogens is 276 g/mol. The van der Waals surface area contributed by atoms with E-state index < -0.39 is 6.10 Å². The quantitative estimate of drug-likeness (QED) is 0.686. The fourth-order valence-electron chi connectivity index (χ4n) is 2.16. The molecule has 0 aliphatic heterocycles. The van der Waals surface area contributed by atoms with Gasteiger partial charge in [-0.3, -0.25) is 0 Å². The predicted octanol–water partition coefficient (Wildman–Crippen LogP) is 2.87. The molecule has 1 N–H and O–H groups in total. The maximum atomic E-state index is 9.79. The van der Waals surface area contributed by atoms with Crippen LogP contribution in [-0.4, -0.2) is 37.6 Å². The topological polar surface area (TPSA) is 38.7 Å². The first-order valence-corrected chi connectivity index (χ1v) is 7.76. The van der Waals surface area contributed by atoms with Crippen LogP contribution < -0.4 is 0 Å². The highest BCUT2D eigenvalue weighted by molar-refractivity contribution is 5.15. The first-order chi connectivity index (χ1) is 10.8. The van der Waals surface area contributed by atoms with Crippen LogP contribution in [0.2, 0.25) is 0 Å². The van der Waals surface area contributed by atoms with Crippen LogP contribution in [-0.2, 0) is 22.3 Å². The van der Waals surface area contributed by atoms with Crippen LogP contribution in [0.1, 0.15) is 11.1 Å². The van der Waals surface area contributed by atoms with Crippen molar-refractivity contribution in [3.05, 3.63) is 71.8 Å². The lowest BCUT2D eigenvalue weighted by Crippen LogP contribution is -2.23. The van der Waals surface area contributed by atoms with Crippen LogP contribution in [0.25, 0.3) is 0 Å². The van der Waals surface area contributed by atoms with Gasteiger partial charge < -0.3 is 14.6 Å². The van der Waals surface area contributed by atoms with Crippen molar-refractivity contribution >= 4 is 0 Å². The second-order valence-corrected chi connectivity index (χ2v) is 5.27. The average Bonchev–Trinajstić information content (AvgIpc) is 2.57. The van der Waals surface area contributed by atoms with E-state index in [1.54, 1.807) is 0 Å². The number of rotatable bonds is 10. The fraction of sp³-hybridized carbons (Fsp3) is 0.368. The van der Waals surface area contributed by atoms with E-state index in [4.69, 9.17) is 9.47 Å². The molecule has 2 aromatic carbocycles. The molecule has 118 valence electrons. The molecule has 0 saturated carbocycles. The van der Waals surface area contributed by atoms with E-state index in [0.29, 0.717) is 26.4 Å². The van der Waals surface area contributed by atoms with E-state index in [0.717, 1.165) is 12.8 Å². The first kappa shape index (κ1) is 16.7. The van der Waals surface area contributed by atoms with Gasteiger partial charge in [0.25, 0.3) is 0 Å². The molecule has 0 aliphatic carbocycles. The average molecular weight is 300 g/mol. The summed E-state index contributed by atoms with van der Waals surface area (Å²) in [5.41, 5.74) is 2.49. The van der Waals surface area contributed by atoms with Crippen molar-refractivity contribution in [1.82, 2.24) is 0 Å². The third-order valence-electron chi connectivity index (χ3n) is 3.38. The molecule has 2 rings (SSSR count). The molecule has 3 nitrogen and oxygen atoms in total. The van der Waals surface area contributed by atoms with E-state index in [9.17, 15) is 5.11 Å². The van der Waals surface area contributed by atoms with Crippen molar-refractivity contribution in [2.45, 2.75) is 18.9 Å². The molecule has 0 heterocycles. The van der Waals surface area contributed by atoms with Crippen LogP contribution in [0.3, 0.4) is 0 Å². The zero-order chi connectivity index (χ0) is 15.5. The zero-order valence-electron chi connectivity index (χ0n) is 12.9. The van der Waals surface area contributed by atoms with Gasteiger partial charge in [-0.2, -0.15) is 0 Å². The molecule has 0 atom stereocenters. The van der Waals surface area contributed by atoms with Gasteiger partial charge in [0.2, 0.25) is 0 Å². The summed E-state index contributed by atoms with van der Waals surface area (Å²) in [6, 6.07) is 20.4. The van der Waals surface area contributed by atoms with Gasteiger partial charge in [0.15, 0.2) is 0 Å². The maximum absolute atomic E-state index is 9.79. The summed E-state index contributed by atoms with van der Waals surface area (Å²) in [5, 5.41) is 9.79. The van der Waals surface area contributed by atoms with E-state index in [2.05, 4.69) is 24.3 Å². The molecule has 0 aromatic heterocycles. The minimum atomic E-state index is -0.563. The summed E-state index contributed by atoms with van der Waals surface area (Å²) in [7, 11) is 0. The third-order valence-corrected chi connectivity index (χ3v) is 3.38. The van der Waals surface area contributed by atoms with Crippen LogP contribution in [0.5, 0.6) is 0 Å². The molecule has 2 aromatic rings. The highest BCUT2D eigenvalue weighted by Gasteiger charge is 2.04. The lowest BCUT2D eigenvalue weighted by molar-refractivity contribution is -0.0175. The van der Waals surface area contributed by atoms with Crippen LogP contribution >= 0.6 is 0 Å². The summed E-state index contributed by atoms with van der Waals surface area (Å²) in [4.78, 5) is 0. The third kappa shape index (κ3) is 6.85. The smallest absolute Gasteiger partial charge is 0.101 e. The Hall–Kier alpha value is -1.68. The zero-order valence-corrected chi connectivity index (χ0v) is 12.9. The molecule has 0 amide bonds. The van der Waals surface area contributed by atoms with Gasteiger partial charge in [-0.1, -0.05) is 60.7 Å². The second-order valence-electron chi connectivity index (χ2n) is 5.27. The summed E-state index contributed by atoms with van der Waals surface area (Å²) in [5.74, 6) is 0. The maximum Gasteiger partial charge on any atom is 0.101 e. The molecule has 0 bridgehead atoms. The number of ether oxygens (including phenoxy) is 2. The SMILES string of the molecule is OC(COCCc1ccccc1)COCCc1ccccc1. The van der Waals surface area contributed by atoms with E-state index in [1.807, 2.05) is 36.4 Å². The number of aliphatic hydroxyl groups is 1. The van der Waals surface area contributed by atoms with Crippen molar-refractivity contribution in [3.8, 4) is 0 Å². The minimum Gasteiger partial charge on any atom is -0.388 e. The molecule has 0 radical (unpaired) electrons.